The number of hydrogen-bond donors (Lipinski definition) is 3. The zero-order chi connectivity index (χ0) is 26.8. The van der Waals surface area contributed by atoms with Gasteiger partial charge in [-0.2, -0.15) is 0 Å². The normalized spacial score (nSPS) is 11.6. The monoisotopic (exact) mass is 576 g/mol. The van der Waals surface area contributed by atoms with Gasteiger partial charge in [-0.1, -0.05) is 23.7 Å². The zero-order valence-corrected chi connectivity index (χ0v) is 22.7. The molecule has 3 N–H and O–H groups in total. The molecule has 1 aromatic heterocycles. The highest BCUT2D eigenvalue weighted by Crippen LogP contribution is 2.28. The molecule has 1 amide bonds. The fourth-order valence-corrected chi connectivity index (χ4v) is 6.72. The van der Waals surface area contributed by atoms with E-state index in [4.69, 9.17) is 11.6 Å². The number of anilines is 3. The summed E-state index contributed by atoms with van der Waals surface area (Å²) >= 11 is 7.32. The number of halogens is 1. The van der Waals surface area contributed by atoms with E-state index in [1.165, 1.54) is 48.7 Å². The third-order valence-corrected chi connectivity index (χ3v) is 9.43. The summed E-state index contributed by atoms with van der Waals surface area (Å²) in [5.74, 6) is -0.601. The first-order valence-electron chi connectivity index (χ1n) is 10.7. The van der Waals surface area contributed by atoms with E-state index in [2.05, 4.69) is 19.7 Å². The van der Waals surface area contributed by atoms with E-state index in [0.29, 0.717) is 11.4 Å². The Labute approximate surface area is 223 Å². The molecule has 0 aliphatic carbocycles. The van der Waals surface area contributed by atoms with Gasteiger partial charge in [0.2, 0.25) is 0 Å². The summed E-state index contributed by atoms with van der Waals surface area (Å²) in [5.41, 5.74) is 2.45. The van der Waals surface area contributed by atoms with Crippen LogP contribution in [-0.4, -0.2) is 27.7 Å². The molecule has 0 saturated carbocycles. The lowest BCUT2D eigenvalue weighted by Crippen LogP contribution is -2.17. The third-order valence-electron chi connectivity index (χ3n) is 5.41. The van der Waals surface area contributed by atoms with Crippen LogP contribution in [0.1, 0.15) is 21.5 Å². The van der Waals surface area contributed by atoms with Crippen molar-refractivity contribution in [2.75, 3.05) is 14.8 Å². The topological polar surface area (TPSA) is 134 Å². The lowest BCUT2D eigenvalue weighted by atomic mass is 10.1. The number of sulfonamides is 2. The minimum absolute atomic E-state index is 0.0157. The summed E-state index contributed by atoms with van der Waals surface area (Å²) in [7, 11) is -7.94. The second-order valence-corrected chi connectivity index (χ2v) is 12.6. The Kier molecular flexibility index (Phi) is 7.55. The second-order valence-electron chi connectivity index (χ2n) is 7.92. The number of benzene rings is 3. The van der Waals surface area contributed by atoms with Crippen molar-refractivity contribution in [3.8, 4) is 0 Å². The molecule has 4 aromatic rings. The number of aryl methyl sites for hydroxylation is 1. The van der Waals surface area contributed by atoms with E-state index in [0.717, 1.165) is 22.5 Å². The number of hydrogen-bond acceptors (Lipinski definition) is 7. The average Bonchev–Trinajstić information content (AvgIpc) is 3.35. The molecule has 3 aromatic carbocycles. The molecule has 0 spiro atoms. The van der Waals surface area contributed by atoms with Gasteiger partial charge in [0.25, 0.3) is 26.0 Å². The molecule has 9 nitrogen and oxygen atoms in total. The van der Waals surface area contributed by atoms with Gasteiger partial charge in [0, 0.05) is 22.8 Å². The van der Waals surface area contributed by atoms with Gasteiger partial charge in [-0.05, 0) is 73.5 Å². The highest BCUT2D eigenvalue weighted by molar-refractivity contribution is 7.93. The molecule has 4 rings (SSSR count). The van der Waals surface area contributed by atoms with E-state index in [9.17, 15) is 21.6 Å². The fourth-order valence-electron chi connectivity index (χ4n) is 3.28. The smallest absolute Gasteiger partial charge is 0.263 e. The van der Waals surface area contributed by atoms with Gasteiger partial charge >= 0.3 is 0 Å². The summed E-state index contributed by atoms with van der Waals surface area (Å²) in [6, 6.07) is 14.6. The predicted molar refractivity (Wildman–Crippen MR) is 145 cm³/mol. The number of thiazole rings is 1. The number of carbonyl (C=O) groups is 1. The Hall–Kier alpha value is -3.45. The number of rotatable bonds is 8. The second kappa shape index (κ2) is 10.5. The summed E-state index contributed by atoms with van der Waals surface area (Å²) in [5, 5.41) is 4.46. The Balaban J connectivity index is 1.52. The van der Waals surface area contributed by atoms with Crippen molar-refractivity contribution in [1.82, 2.24) is 4.98 Å². The number of amides is 1. The third kappa shape index (κ3) is 6.10. The summed E-state index contributed by atoms with van der Waals surface area (Å²) in [6.07, 6.45) is 1.48. The molecule has 0 aliphatic rings. The number of nitrogens with zero attached hydrogens (tertiary/aromatic N) is 1. The summed E-state index contributed by atoms with van der Waals surface area (Å²) in [6.45, 7) is 3.66. The van der Waals surface area contributed by atoms with Gasteiger partial charge in [-0.25, -0.2) is 21.8 Å². The molecule has 1 heterocycles. The zero-order valence-electron chi connectivity index (χ0n) is 19.5. The molecule has 0 saturated heterocycles. The SMILES string of the molecule is Cc1cccc(NS(=O)(=O)c2cc(C(=O)Nc3ccc(S(=O)(=O)Nc4nccs4)cc3)ccc2Cl)c1C. The standard InChI is InChI=1S/C24H21ClN4O5S3/c1-15-4-3-5-21(16(15)2)28-37(33,34)22-14-17(6-11-20(22)25)23(30)27-18-7-9-19(10-8-18)36(31,32)29-24-26-12-13-35-24/h3-14,28H,1-2H3,(H,26,29)(H,27,30). The molecule has 0 bridgehead atoms. The van der Waals surface area contributed by atoms with Crippen molar-refractivity contribution < 1.29 is 21.6 Å². The van der Waals surface area contributed by atoms with Gasteiger partial charge in [-0.15, -0.1) is 11.3 Å². The van der Waals surface area contributed by atoms with Crippen LogP contribution < -0.4 is 14.8 Å². The van der Waals surface area contributed by atoms with Gasteiger partial charge in [-0.3, -0.25) is 14.2 Å². The minimum atomic E-state index is -4.10. The van der Waals surface area contributed by atoms with Crippen LogP contribution in [0.15, 0.2) is 82.0 Å². The van der Waals surface area contributed by atoms with E-state index < -0.39 is 26.0 Å². The molecule has 192 valence electrons. The predicted octanol–water partition coefficient (Wildman–Crippen LogP) is 5.27. The quantitative estimate of drug-likeness (QED) is 0.262. The highest BCUT2D eigenvalue weighted by Gasteiger charge is 2.22. The van der Waals surface area contributed by atoms with E-state index in [1.54, 1.807) is 24.4 Å². The molecule has 0 atom stereocenters. The molecule has 13 heteroatoms. The Morgan fingerprint density at radius 2 is 1.65 bits per heavy atom. The van der Waals surface area contributed by atoms with Crippen LogP contribution >= 0.6 is 22.9 Å². The average molecular weight is 577 g/mol. The Bertz CT molecular complexity index is 1670. The van der Waals surface area contributed by atoms with E-state index >= 15 is 0 Å². The van der Waals surface area contributed by atoms with Crippen molar-refractivity contribution >= 4 is 65.4 Å². The number of carbonyl (C=O) groups excluding carboxylic acids is 1. The fraction of sp³-hybridized carbons (Fsp3) is 0.0833. The Morgan fingerprint density at radius 1 is 0.919 bits per heavy atom. The molecular formula is C24H21ClN4O5S3. The minimum Gasteiger partial charge on any atom is -0.322 e. The largest absolute Gasteiger partial charge is 0.322 e. The van der Waals surface area contributed by atoms with Crippen LogP contribution in [-0.2, 0) is 20.0 Å². The van der Waals surface area contributed by atoms with E-state index in [1.807, 2.05) is 13.0 Å². The lowest BCUT2D eigenvalue weighted by molar-refractivity contribution is 0.102. The van der Waals surface area contributed by atoms with Gasteiger partial charge in [0.15, 0.2) is 5.13 Å². The van der Waals surface area contributed by atoms with Crippen LogP contribution in [0.4, 0.5) is 16.5 Å². The maximum Gasteiger partial charge on any atom is 0.263 e. The van der Waals surface area contributed by atoms with Crippen LogP contribution in [0.2, 0.25) is 5.02 Å². The van der Waals surface area contributed by atoms with Crippen molar-refractivity contribution in [1.29, 1.82) is 0 Å². The molecule has 37 heavy (non-hydrogen) atoms. The van der Waals surface area contributed by atoms with Crippen LogP contribution in [0.25, 0.3) is 0 Å². The maximum atomic E-state index is 13.1. The van der Waals surface area contributed by atoms with Crippen molar-refractivity contribution in [2.24, 2.45) is 0 Å². The highest BCUT2D eigenvalue weighted by atomic mass is 35.5. The maximum absolute atomic E-state index is 13.1. The Morgan fingerprint density at radius 3 is 2.32 bits per heavy atom. The molecule has 0 fully saturated rings. The van der Waals surface area contributed by atoms with Crippen molar-refractivity contribution in [3.05, 3.63) is 94.0 Å². The van der Waals surface area contributed by atoms with Gasteiger partial charge < -0.3 is 5.32 Å². The molecule has 0 aliphatic heterocycles. The van der Waals surface area contributed by atoms with Crippen molar-refractivity contribution in [2.45, 2.75) is 23.6 Å². The van der Waals surface area contributed by atoms with Crippen LogP contribution in [0.5, 0.6) is 0 Å². The molecular weight excluding hydrogens is 556 g/mol. The number of aromatic nitrogens is 1. The summed E-state index contributed by atoms with van der Waals surface area (Å²) in [4.78, 5) is 16.5. The van der Waals surface area contributed by atoms with Gasteiger partial charge in [0.1, 0.15) is 4.90 Å². The van der Waals surface area contributed by atoms with Crippen molar-refractivity contribution in [3.63, 3.8) is 0 Å². The van der Waals surface area contributed by atoms with Crippen LogP contribution in [0, 0.1) is 13.8 Å². The first-order valence-corrected chi connectivity index (χ1v) is 14.9. The molecule has 0 radical (unpaired) electrons. The van der Waals surface area contributed by atoms with Crippen LogP contribution in [0.3, 0.4) is 0 Å². The van der Waals surface area contributed by atoms with Gasteiger partial charge in [0.05, 0.1) is 15.6 Å². The molecule has 0 unspecified atom stereocenters. The number of nitrogens with one attached hydrogen (secondary N) is 3. The van der Waals surface area contributed by atoms with E-state index in [-0.39, 0.29) is 25.5 Å². The lowest BCUT2D eigenvalue weighted by Gasteiger charge is -2.14. The summed E-state index contributed by atoms with van der Waals surface area (Å²) < 4.78 is 56.0. The first-order chi connectivity index (χ1) is 17.5. The first kappa shape index (κ1) is 26.6.